The maximum absolute atomic E-state index is 12.8. The van der Waals surface area contributed by atoms with Gasteiger partial charge in [0.1, 0.15) is 11.4 Å². The average Bonchev–Trinajstić information content (AvgIpc) is 3.15. The molecule has 0 bridgehead atoms. The maximum atomic E-state index is 12.8. The summed E-state index contributed by atoms with van der Waals surface area (Å²) in [5.41, 5.74) is 1.83. The van der Waals surface area contributed by atoms with Gasteiger partial charge in [-0.05, 0) is 34.7 Å². The summed E-state index contributed by atoms with van der Waals surface area (Å²) in [6, 6.07) is 7.05. The lowest BCUT2D eigenvalue weighted by Gasteiger charge is -2.07. The summed E-state index contributed by atoms with van der Waals surface area (Å²) in [7, 11) is 1.63. The summed E-state index contributed by atoms with van der Waals surface area (Å²) in [5, 5.41) is 12.3. The standard InChI is InChI=1S/C15H11F3N4S/c1-19-7-12-14(21-22-20-12)13-6-10(8-23-13)9-3-2-4-11(5-9)15(16,17)18/h2-8H,1H3,(H,20,21,22)/b19-7+. The van der Waals surface area contributed by atoms with Gasteiger partial charge in [-0.25, -0.2) is 0 Å². The Kier molecular flexibility index (Phi) is 3.99. The quantitative estimate of drug-likeness (QED) is 0.726. The van der Waals surface area contributed by atoms with E-state index in [1.807, 2.05) is 0 Å². The van der Waals surface area contributed by atoms with Gasteiger partial charge in [-0.15, -0.1) is 16.4 Å². The van der Waals surface area contributed by atoms with Crippen LogP contribution in [0.2, 0.25) is 0 Å². The Bertz CT molecular complexity index is 848. The van der Waals surface area contributed by atoms with Crippen LogP contribution in [-0.4, -0.2) is 28.7 Å². The molecule has 0 aliphatic rings. The molecule has 0 aliphatic heterocycles. The molecule has 3 rings (SSSR count). The largest absolute Gasteiger partial charge is 0.416 e. The molecule has 0 unspecified atom stereocenters. The highest BCUT2D eigenvalue weighted by Crippen LogP contribution is 2.35. The Balaban J connectivity index is 1.98. The van der Waals surface area contributed by atoms with Gasteiger partial charge in [0.15, 0.2) is 0 Å². The minimum Gasteiger partial charge on any atom is -0.294 e. The smallest absolute Gasteiger partial charge is 0.294 e. The number of hydrogen-bond donors (Lipinski definition) is 1. The number of nitrogens with zero attached hydrogens (tertiary/aromatic N) is 3. The third kappa shape index (κ3) is 3.16. The summed E-state index contributed by atoms with van der Waals surface area (Å²) < 4.78 is 38.4. The number of rotatable bonds is 3. The molecule has 0 fully saturated rings. The molecule has 8 heteroatoms. The highest BCUT2D eigenvalue weighted by Gasteiger charge is 2.30. The maximum Gasteiger partial charge on any atom is 0.416 e. The highest BCUT2D eigenvalue weighted by atomic mass is 32.1. The molecule has 0 saturated heterocycles. The molecule has 4 nitrogen and oxygen atoms in total. The van der Waals surface area contributed by atoms with Crippen molar-refractivity contribution in [3.05, 3.63) is 47.0 Å². The van der Waals surface area contributed by atoms with Crippen molar-refractivity contribution < 1.29 is 13.2 Å². The van der Waals surface area contributed by atoms with Crippen LogP contribution in [0.5, 0.6) is 0 Å². The molecule has 118 valence electrons. The van der Waals surface area contributed by atoms with Crippen LogP contribution in [0.3, 0.4) is 0 Å². The van der Waals surface area contributed by atoms with Crippen molar-refractivity contribution in [1.29, 1.82) is 0 Å². The second-order valence-electron chi connectivity index (χ2n) is 4.74. The third-order valence-corrected chi connectivity index (χ3v) is 4.13. The second-order valence-corrected chi connectivity index (χ2v) is 5.65. The second kappa shape index (κ2) is 5.96. The first-order valence-electron chi connectivity index (χ1n) is 6.59. The fraction of sp³-hybridized carbons (Fsp3) is 0.133. The summed E-state index contributed by atoms with van der Waals surface area (Å²) in [5.74, 6) is 0. The molecule has 0 spiro atoms. The van der Waals surface area contributed by atoms with Crippen molar-refractivity contribution in [3.63, 3.8) is 0 Å². The van der Waals surface area contributed by atoms with Crippen LogP contribution in [0.4, 0.5) is 13.2 Å². The number of H-pyrrole nitrogens is 1. The molecule has 1 aromatic carbocycles. The fourth-order valence-electron chi connectivity index (χ4n) is 2.12. The SMILES string of the molecule is C/N=C/c1[nH]nnc1-c1cc(-c2cccc(C(F)(F)F)c2)cs1. The van der Waals surface area contributed by atoms with Crippen LogP contribution in [0, 0.1) is 0 Å². The fourth-order valence-corrected chi connectivity index (χ4v) is 3.04. The normalized spacial score (nSPS) is 12.2. The van der Waals surface area contributed by atoms with Crippen molar-refractivity contribution in [2.24, 2.45) is 4.99 Å². The molecule has 0 aliphatic carbocycles. The molecular formula is C15H11F3N4S. The van der Waals surface area contributed by atoms with Gasteiger partial charge in [-0.1, -0.05) is 17.3 Å². The van der Waals surface area contributed by atoms with Gasteiger partial charge >= 0.3 is 6.18 Å². The van der Waals surface area contributed by atoms with Crippen LogP contribution >= 0.6 is 11.3 Å². The Labute approximate surface area is 133 Å². The van der Waals surface area contributed by atoms with Gasteiger partial charge in [0.2, 0.25) is 0 Å². The minimum absolute atomic E-state index is 0.511. The van der Waals surface area contributed by atoms with E-state index in [4.69, 9.17) is 0 Å². The van der Waals surface area contributed by atoms with Crippen LogP contribution in [0.15, 0.2) is 40.7 Å². The van der Waals surface area contributed by atoms with Gasteiger partial charge in [-0.3, -0.25) is 10.1 Å². The lowest BCUT2D eigenvalue weighted by molar-refractivity contribution is -0.137. The first-order valence-corrected chi connectivity index (χ1v) is 7.47. The lowest BCUT2D eigenvalue weighted by atomic mass is 10.0. The summed E-state index contributed by atoms with van der Waals surface area (Å²) in [6.45, 7) is 0. The van der Waals surface area contributed by atoms with E-state index >= 15 is 0 Å². The molecule has 3 aromatic rings. The van der Waals surface area contributed by atoms with Gasteiger partial charge in [-0.2, -0.15) is 13.2 Å². The predicted octanol–water partition coefficient (Wildman–Crippen LogP) is 4.27. The zero-order valence-corrected chi connectivity index (χ0v) is 12.7. The highest BCUT2D eigenvalue weighted by molar-refractivity contribution is 7.14. The van der Waals surface area contributed by atoms with Crippen LogP contribution in [0.25, 0.3) is 21.7 Å². The number of halogens is 3. The van der Waals surface area contributed by atoms with Crippen molar-refractivity contribution in [2.75, 3.05) is 7.05 Å². The van der Waals surface area contributed by atoms with E-state index in [9.17, 15) is 13.2 Å². The zero-order chi connectivity index (χ0) is 16.4. The van der Waals surface area contributed by atoms with Crippen LogP contribution in [0.1, 0.15) is 11.3 Å². The van der Waals surface area contributed by atoms with Crippen molar-refractivity contribution in [3.8, 4) is 21.7 Å². The first kappa shape index (κ1) is 15.4. The van der Waals surface area contributed by atoms with Crippen LogP contribution < -0.4 is 0 Å². The van der Waals surface area contributed by atoms with E-state index in [1.165, 1.54) is 17.4 Å². The van der Waals surface area contributed by atoms with Gasteiger partial charge in [0, 0.05) is 13.3 Å². The number of hydrogen-bond acceptors (Lipinski definition) is 4. The number of nitrogens with one attached hydrogen (secondary N) is 1. The Morgan fingerprint density at radius 3 is 2.78 bits per heavy atom. The number of thiophene rings is 1. The topological polar surface area (TPSA) is 53.9 Å². The van der Waals surface area contributed by atoms with Gasteiger partial charge < -0.3 is 0 Å². The number of aromatic nitrogens is 3. The van der Waals surface area contributed by atoms with Crippen molar-refractivity contribution >= 4 is 17.6 Å². The zero-order valence-electron chi connectivity index (χ0n) is 11.9. The molecule has 2 aromatic heterocycles. The number of benzene rings is 1. The molecule has 23 heavy (non-hydrogen) atoms. The average molecular weight is 336 g/mol. The summed E-state index contributed by atoms with van der Waals surface area (Å²) in [6.07, 6.45) is -2.76. The van der Waals surface area contributed by atoms with E-state index in [1.54, 1.807) is 30.8 Å². The van der Waals surface area contributed by atoms with Crippen molar-refractivity contribution in [2.45, 2.75) is 6.18 Å². The molecule has 2 heterocycles. The number of alkyl halides is 3. The van der Waals surface area contributed by atoms with Crippen LogP contribution in [-0.2, 0) is 6.18 Å². The van der Waals surface area contributed by atoms with E-state index < -0.39 is 11.7 Å². The lowest BCUT2D eigenvalue weighted by Crippen LogP contribution is -2.04. The molecule has 0 atom stereocenters. The molecule has 0 radical (unpaired) electrons. The van der Waals surface area contributed by atoms with Crippen molar-refractivity contribution in [1.82, 2.24) is 15.4 Å². The van der Waals surface area contributed by atoms with E-state index in [2.05, 4.69) is 20.4 Å². The summed E-state index contributed by atoms with van der Waals surface area (Å²) in [4.78, 5) is 4.72. The Morgan fingerprint density at radius 2 is 2.04 bits per heavy atom. The Morgan fingerprint density at radius 1 is 1.22 bits per heavy atom. The van der Waals surface area contributed by atoms with E-state index in [-0.39, 0.29) is 0 Å². The molecule has 1 N–H and O–H groups in total. The summed E-state index contributed by atoms with van der Waals surface area (Å²) >= 11 is 1.39. The third-order valence-electron chi connectivity index (χ3n) is 3.19. The monoisotopic (exact) mass is 336 g/mol. The van der Waals surface area contributed by atoms with E-state index in [0.29, 0.717) is 22.5 Å². The van der Waals surface area contributed by atoms with Gasteiger partial charge in [0.25, 0.3) is 0 Å². The minimum atomic E-state index is -4.36. The van der Waals surface area contributed by atoms with Gasteiger partial charge in [0.05, 0.1) is 10.4 Å². The molecule has 0 saturated carbocycles. The van der Waals surface area contributed by atoms with E-state index in [0.717, 1.165) is 17.0 Å². The number of aromatic amines is 1. The molecular weight excluding hydrogens is 325 g/mol. The predicted molar refractivity (Wildman–Crippen MR) is 83.7 cm³/mol. The number of aliphatic imine (C=N–C) groups is 1. The molecule has 0 amide bonds. The first-order chi connectivity index (χ1) is 11.0. The Hall–Kier alpha value is -2.48.